The highest BCUT2D eigenvalue weighted by atomic mass is 32.2. The van der Waals surface area contributed by atoms with Crippen LogP contribution in [0, 0.1) is 0 Å². The Kier molecular flexibility index (Phi) is 6.03. The Morgan fingerprint density at radius 3 is 2.90 bits per heavy atom. The molecule has 2 atom stereocenters. The van der Waals surface area contributed by atoms with Crippen LogP contribution in [0.2, 0.25) is 0 Å². The van der Waals surface area contributed by atoms with Gasteiger partial charge in [0.25, 0.3) is 11.8 Å². The van der Waals surface area contributed by atoms with E-state index in [0.29, 0.717) is 54.6 Å². The Morgan fingerprint density at radius 1 is 1.33 bits per heavy atom. The minimum absolute atomic E-state index is 0.0154. The number of hydrogen-bond donors (Lipinski definition) is 2. The highest BCUT2D eigenvalue weighted by molar-refractivity contribution is 7.83. The van der Waals surface area contributed by atoms with Gasteiger partial charge in [-0.25, -0.2) is 4.21 Å². The largest absolute Gasteiger partial charge is 0.376 e. The summed E-state index contributed by atoms with van der Waals surface area (Å²) in [7, 11) is -1.58. The van der Waals surface area contributed by atoms with E-state index < -0.39 is 11.0 Å². The van der Waals surface area contributed by atoms with Crippen LogP contribution in [0.25, 0.3) is 0 Å². The van der Waals surface area contributed by atoms with E-state index in [-0.39, 0.29) is 23.8 Å². The molecule has 160 valence electrons. The monoisotopic (exact) mass is 431 g/mol. The van der Waals surface area contributed by atoms with Gasteiger partial charge in [0.2, 0.25) is 0 Å². The first-order valence-electron chi connectivity index (χ1n) is 10.0. The molecule has 0 radical (unpaired) electrons. The maximum absolute atomic E-state index is 13.1. The summed E-state index contributed by atoms with van der Waals surface area (Å²) in [6, 6.07) is 6.57. The minimum atomic E-state index is -1.58. The average Bonchev–Trinajstić information content (AvgIpc) is 3.16. The summed E-state index contributed by atoms with van der Waals surface area (Å²) in [5.74, 6) is -0.396. The predicted molar refractivity (Wildman–Crippen MR) is 112 cm³/mol. The summed E-state index contributed by atoms with van der Waals surface area (Å²) < 4.78 is 25.5. The van der Waals surface area contributed by atoms with Crippen molar-refractivity contribution >= 4 is 28.5 Å². The van der Waals surface area contributed by atoms with E-state index in [4.69, 9.17) is 9.47 Å². The summed E-state index contributed by atoms with van der Waals surface area (Å²) in [6.07, 6.45) is 2.39. The molecule has 1 fully saturated rings. The number of aromatic nitrogens is 1. The van der Waals surface area contributed by atoms with E-state index in [2.05, 4.69) is 10.6 Å². The fraction of sp³-hybridized carbons (Fsp3) is 0.429. The first-order valence-corrected chi connectivity index (χ1v) is 11.1. The number of fused-ring (bicyclic) bond motifs is 2. The molecule has 0 aliphatic carbocycles. The zero-order valence-electron chi connectivity index (χ0n) is 17.0. The number of ether oxygens (including phenoxy) is 2. The summed E-state index contributed by atoms with van der Waals surface area (Å²) in [4.78, 5) is 25.7. The number of carbonyl (C=O) groups is 2. The molecule has 2 amide bonds. The molecule has 2 aromatic rings. The van der Waals surface area contributed by atoms with E-state index in [1.54, 1.807) is 30.5 Å². The van der Waals surface area contributed by atoms with Crippen molar-refractivity contribution in [3.63, 3.8) is 0 Å². The molecular formula is C21H25N3O5S. The average molecular weight is 432 g/mol. The Labute approximate surface area is 177 Å². The van der Waals surface area contributed by atoms with Crippen LogP contribution in [0.4, 0.5) is 5.69 Å². The fourth-order valence-corrected chi connectivity index (χ4v) is 4.67. The van der Waals surface area contributed by atoms with Gasteiger partial charge in [0.05, 0.1) is 36.5 Å². The van der Waals surface area contributed by atoms with Crippen LogP contribution < -0.4 is 10.6 Å². The second-order valence-corrected chi connectivity index (χ2v) is 9.00. The van der Waals surface area contributed by atoms with Crippen LogP contribution >= 0.6 is 0 Å². The normalized spacial score (nSPS) is 20.8. The predicted octanol–water partition coefficient (Wildman–Crippen LogP) is 2.28. The SMILES string of the molecule is CC(C)c1cc2n(c1)S(=O)c1ccc(C(=O)NCCC3COCCO3)cc1NC2=O. The van der Waals surface area contributed by atoms with Crippen molar-refractivity contribution < 1.29 is 23.3 Å². The smallest absolute Gasteiger partial charge is 0.273 e. The molecule has 1 saturated heterocycles. The van der Waals surface area contributed by atoms with Crippen molar-refractivity contribution in [2.24, 2.45) is 0 Å². The van der Waals surface area contributed by atoms with Gasteiger partial charge in [-0.3, -0.25) is 13.6 Å². The molecule has 2 unspecified atom stereocenters. The third-order valence-electron chi connectivity index (χ3n) is 5.20. The molecule has 4 rings (SSSR count). The van der Waals surface area contributed by atoms with Crippen LogP contribution in [0.3, 0.4) is 0 Å². The lowest BCUT2D eigenvalue weighted by atomic mass is 10.1. The quantitative estimate of drug-likeness (QED) is 0.757. The van der Waals surface area contributed by atoms with Crippen LogP contribution in [0.1, 0.15) is 52.6 Å². The second kappa shape index (κ2) is 8.71. The number of nitrogens with one attached hydrogen (secondary N) is 2. The van der Waals surface area contributed by atoms with E-state index in [1.807, 2.05) is 13.8 Å². The first-order chi connectivity index (χ1) is 14.4. The maximum atomic E-state index is 13.1. The molecule has 3 heterocycles. The molecule has 8 nitrogen and oxygen atoms in total. The van der Waals surface area contributed by atoms with Gasteiger partial charge in [-0.15, -0.1) is 0 Å². The number of benzene rings is 1. The van der Waals surface area contributed by atoms with Crippen LogP contribution in [-0.2, 0) is 20.5 Å². The molecule has 0 spiro atoms. The van der Waals surface area contributed by atoms with Crippen LogP contribution in [-0.4, -0.2) is 52.5 Å². The molecule has 30 heavy (non-hydrogen) atoms. The Morgan fingerprint density at radius 2 is 2.17 bits per heavy atom. The Bertz CT molecular complexity index is 995. The van der Waals surface area contributed by atoms with Gasteiger partial charge >= 0.3 is 0 Å². The van der Waals surface area contributed by atoms with E-state index in [0.717, 1.165) is 5.56 Å². The summed E-state index contributed by atoms with van der Waals surface area (Å²) in [5.41, 5.74) is 2.06. The van der Waals surface area contributed by atoms with Gasteiger partial charge in [0.15, 0.2) is 11.0 Å². The number of carbonyl (C=O) groups excluding carboxylic acids is 2. The number of nitrogens with zero attached hydrogens (tertiary/aromatic N) is 1. The number of hydrogen-bond acceptors (Lipinski definition) is 5. The van der Waals surface area contributed by atoms with Crippen molar-refractivity contribution in [1.29, 1.82) is 0 Å². The van der Waals surface area contributed by atoms with Crippen LogP contribution in [0.5, 0.6) is 0 Å². The second-order valence-electron chi connectivity index (χ2n) is 7.67. The van der Waals surface area contributed by atoms with E-state index in [1.165, 1.54) is 3.97 Å². The third kappa shape index (κ3) is 4.19. The van der Waals surface area contributed by atoms with Crippen molar-refractivity contribution in [2.75, 3.05) is 31.7 Å². The molecule has 0 bridgehead atoms. The molecule has 2 aliphatic rings. The number of amides is 2. The number of rotatable bonds is 5. The summed E-state index contributed by atoms with van der Waals surface area (Å²) in [6.45, 7) is 6.19. The highest BCUT2D eigenvalue weighted by Crippen LogP contribution is 2.29. The van der Waals surface area contributed by atoms with Gasteiger partial charge in [0, 0.05) is 18.3 Å². The molecule has 1 aromatic heterocycles. The molecule has 9 heteroatoms. The third-order valence-corrected chi connectivity index (χ3v) is 6.59. The molecular weight excluding hydrogens is 406 g/mol. The maximum Gasteiger partial charge on any atom is 0.273 e. The first kappa shape index (κ1) is 20.8. The van der Waals surface area contributed by atoms with E-state index >= 15 is 0 Å². The van der Waals surface area contributed by atoms with Gasteiger partial charge in [-0.2, -0.15) is 0 Å². The highest BCUT2D eigenvalue weighted by Gasteiger charge is 2.27. The van der Waals surface area contributed by atoms with Gasteiger partial charge in [-0.05, 0) is 42.2 Å². The molecule has 0 saturated carbocycles. The molecule has 2 aliphatic heterocycles. The summed E-state index contributed by atoms with van der Waals surface area (Å²) in [5, 5.41) is 5.65. The molecule has 1 aromatic carbocycles. The van der Waals surface area contributed by atoms with Gasteiger partial charge in [-0.1, -0.05) is 13.8 Å². The zero-order valence-corrected chi connectivity index (χ0v) is 17.8. The molecule has 2 N–H and O–H groups in total. The lowest BCUT2D eigenvalue weighted by Crippen LogP contribution is -2.33. The Hall–Kier alpha value is -2.49. The summed E-state index contributed by atoms with van der Waals surface area (Å²) >= 11 is 0. The topological polar surface area (TPSA) is 98.7 Å². The van der Waals surface area contributed by atoms with Crippen molar-refractivity contribution in [3.05, 3.63) is 47.3 Å². The fourth-order valence-electron chi connectivity index (χ4n) is 3.45. The van der Waals surface area contributed by atoms with Crippen molar-refractivity contribution in [1.82, 2.24) is 9.29 Å². The number of anilines is 1. The van der Waals surface area contributed by atoms with E-state index in [9.17, 15) is 13.8 Å². The Balaban J connectivity index is 1.49. The lowest BCUT2D eigenvalue weighted by molar-refractivity contribution is -0.0899. The van der Waals surface area contributed by atoms with Gasteiger partial charge < -0.3 is 20.1 Å². The van der Waals surface area contributed by atoms with Crippen molar-refractivity contribution in [2.45, 2.75) is 37.2 Å². The van der Waals surface area contributed by atoms with Crippen molar-refractivity contribution in [3.8, 4) is 0 Å². The zero-order chi connectivity index (χ0) is 21.3. The lowest BCUT2D eigenvalue weighted by Gasteiger charge is -2.22. The van der Waals surface area contributed by atoms with Gasteiger partial charge in [0.1, 0.15) is 5.69 Å². The standard InChI is InChI=1S/C21H25N3O5S/c1-13(2)15-10-18-21(26)23-17-9-14(3-4-19(17)30(27)24(18)11-15)20(25)22-6-5-16-12-28-7-8-29-16/h3-4,9-11,13,16H,5-8,12H2,1-2H3,(H,22,25)(H,23,26). The minimum Gasteiger partial charge on any atom is -0.376 e. The van der Waals surface area contributed by atoms with Crippen LogP contribution in [0.15, 0.2) is 35.4 Å².